The first-order valence-corrected chi connectivity index (χ1v) is 8.45. The number of nitrogens with zero attached hydrogens (tertiary/aromatic N) is 7. The lowest BCUT2D eigenvalue weighted by atomic mass is 10.7. The highest BCUT2D eigenvalue weighted by Crippen LogP contribution is 2.31. The Morgan fingerprint density at radius 2 is 2.05 bits per heavy atom. The van der Waals surface area contributed by atoms with Crippen molar-refractivity contribution in [2.45, 2.75) is 13.8 Å². The summed E-state index contributed by atoms with van der Waals surface area (Å²) in [5, 5.41) is 12.7. The summed E-state index contributed by atoms with van der Waals surface area (Å²) in [6.07, 6.45) is 5.32. The number of rotatable bonds is 4. The molecular formula is C9H6ClN7S3. The third-order valence-electron chi connectivity index (χ3n) is 2.03. The van der Waals surface area contributed by atoms with Crippen molar-refractivity contribution >= 4 is 46.5 Å². The Morgan fingerprint density at radius 3 is 2.75 bits per heavy atom. The van der Waals surface area contributed by atoms with Crippen LogP contribution < -0.4 is 0 Å². The molecule has 11 heteroatoms. The minimum Gasteiger partial charge on any atom is -0.206 e. The molecule has 0 N–H and O–H groups in total. The van der Waals surface area contributed by atoms with E-state index >= 15 is 0 Å². The summed E-state index contributed by atoms with van der Waals surface area (Å²) in [7, 11) is 0. The number of thioether (sulfide) groups is 1. The maximum absolute atomic E-state index is 5.91. The molecule has 0 spiro atoms. The van der Waals surface area contributed by atoms with Crippen LogP contribution in [0.25, 0.3) is 5.95 Å². The van der Waals surface area contributed by atoms with Crippen molar-refractivity contribution in [3.05, 3.63) is 23.7 Å². The van der Waals surface area contributed by atoms with Crippen molar-refractivity contribution in [2.24, 2.45) is 0 Å². The summed E-state index contributed by atoms with van der Waals surface area (Å²) in [6.45, 7) is 0. The Bertz CT molecular complexity index is 714. The summed E-state index contributed by atoms with van der Waals surface area (Å²) < 4.78 is 3.16. The highest BCUT2D eigenvalue weighted by Gasteiger charge is 2.11. The largest absolute Gasteiger partial charge is 0.255 e. The van der Waals surface area contributed by atoms with Gasteiger partial charge in [-0.25, -0.2) is 4.68 Å². The second-order valence-corrected chi connectivity index (χ2v) is 6.86. The van der Waals surface area contributed by atoms with Gasteiger partial charge in [0.25, 0.3) is 5.95 Å². The number of hydrogen-bond acceptors (Lipinski definition) is 9. The van der Waals surface area contributed by atoms with Crippen molar-refractivity contribution < 1.29 is 0 Å². The molecule has 0 fully saturated rings. The predicted molar refractivity (Wildman–Crippen MR) is 77.8 cm³/mol. The van der Waals surface area contributed by atoms with E-state index in [1.165, 1.54) is 27.8 Å². The summed E-state index contributed by atoms with van der Waals surface area (Å²) in [5.74, 6) is 0.368. The van der Waals surface area contributed by atoms with Crippen LogP contribution in [0.4, 0.5) is 0 Å². The Balaban J connectivity index is 1.90. The van der Waals surface area contributed by atoms with E-state index in [4.69, 9.17) is 11.6 Å². The molecule has 3 aromatic heterocycles. The van der Waals surface area contributed by atoms with E-state index in [9.17, 15) is 0 Å². The third-order valence-corrected chi connectivity index (χ3v) is 5.01. The van der Waals surface area contributed by atoms with Crippen LogP contribution in [-0.2, 0) is 0 Å². The fourth-order valence-electron chi connectivity index (χ4n) is 1.26. The fourth-order valence-corrected chi connectivity index (χ4v) is 3.75. The van der Waals surface area contributed by atoms with E-state index in [1.54, 1.807) is 30.2 Å². The molecule has 20 heavy (non-hydrogen) atoms. The molecule has 0 aliphatic carbocycles. The van der Waals surface area contributed by atoms with Gasteiger partial charge in [-0.15, -0.1) is 10.2 Å². The zero-order chi connectivity index (χ0) is 13.9. The lowest BCUT2D eigenvalue weighted by Gasteiger charge is -2.01. The lowest BCUT2D eigenvalue weighted by Crippen LogP contribution is -2.04. The Labute approximate surface area is 131 Å². The van der Waals surface area contributed by atoms with Gasteiger partial charge in [0.2, 0.25) is 10.4 Å². The maximum atomic E-state index is 5.91. The average molecular weight is 344 g/mol. The Morgan fingerprint density at radius 1 is 1.20 bits per heavy atom. The van der Waals surface area contributed by atoms with Gasteiger partial charge in [0.05, 0.1) is 0 Å². The highest BCUT2D eigenvalue weighted by atomic mass is 35.5. The van der Waals surface area contributed by atoms with Gasteiger partial charge in [-0.3, -0.25) is 0 Å². The molecule has 0 amide bonds. The third kappa shape index (κ3) is 3.08. The van der Waals surface area contributed by atoms with Crippen molar-refractivity contribution in [3.8, 4) is 5.95 Å². The van der Waals surface area contributed by atoms with E-state index < -0.39 is 0 Å². The molecule has 7 nitrogen and oxygen atoms in total. The van der Waals surface area contributed by atoms with Crippen molar-refractivity contribution in [3.63, 3.8) is 0 Å². The summed E-state index contributed by atoms with van der Waals surface area (Å²) >= 11 is 10.2. The summed E-state index contributed by atoms with van der Waals surface area (Å²) in [6, 6.07) is 1.78. The zero-order valence-corrected chi connectivity index (χ0v) is 13.2. The van der Waals surface area contributed by atoms with Crippen LogP contribution in [-0.4, -0.2) is 41.2 Å². The van der Waals surface area contributed by atoms with Gasteiger partial charge in [0.15, 0.2) is 8.68 Å². The van der Waals surface area contributed by atoms with Crippen molar-refractivity contribution in [1.29, 1.82) is 0 Å². The van der Waals surface area contributed by atoms with E-state index in [0.29, 0.717) is 11.1 Å². The fraction of sp³-hybridized carbons (Fsp3) is 0.111. The first kappa shape index (κ1) is 13.7. The molecule has 0 saturated heterocycles. The second-order valence-electron chi connectivity index (χ2n) is 3.28. The van der Waals surface area contributed by atoms with E-state index in [2.05, 4.69) is 30.2 Å². The van der Waals surface area contributed by atoms with Gasteiger partial charge in [0, 0.05) is 12.4 Å². The summed E-state index contributed by atoms with van der Waals surface area (Å²) in [4.78, 5) is 12.4. The number of aromatic nitrogens is 7. The molecule has 0 aliphatic heterocycles. The minimum absolute atomic E-state index is 0.114. The Hall–Kier alpha value is -1.23. The second kappa shape index (κ2) is 6.04. The normalized spacial score (nSPS) is 10.9. The first-order chi connectivity index (χ1) is 9.74. The standard InChI is InChI=1S/C9H6ClN7S3/c1-18-8-15-16-9(20-8)19-7-13-5(10)12-6(14-7)17-4-2-3-11-17/h2-4H,1H3. The molecule has 0 radical (unpaired) electrons. The van der Waals surface area contributed by atoms with Crippen LogP contribution in [0.2, 0.25) is 5.28 Å². The van der Waals surface area contributed by atoms with Gasteiger partial charge < -0.3 is 0 Å². The minimum atomic E-state index is 0.114. The van der Waals surface area contributed by atoms with E-state index in [-0.39, 0.29) is 5.28 Å². The van der Waals surface area contributed by atoms with Crippen molar-refractivity contribution in [2.75, 3.05) is 6.26 Å². The van der Waals surface area contributed by atoms with Crippen LogP contribution in [0.5, 0.6) is 0 Å². The van der Waals surface area contributed by atoms with Crippen LogP contribution in [0.3, 0.4) is 0 Å². The topological polar surface area (TPSA) is 82.3 Å². The van der Waals surface area contributed by atoms with Crippen LogP contribution in [0, 0.1) is 0 Å². The van der Waals surface area contributed by atoms with Gasteiger partial charge in [-0.2, -0.15) is 20.1 Å². The average Bonchev–Trinajstić information content (AvgIpc) is 3.09. The van der Waals surface area contributed by atoms with E-state index in [0.717, 1.165) is 8.68 Å². The van der Waals surface area contributed by atoms with Gasteiger partial charge >= 0.3 is 0 Å². The molecule has 0 unspecified atom stereocenters. The molecule has 102 valence electrons. The Kier molecular flexibility index (Phi) is 4.15. The monoisotopic (exact) mass is 343 g/mol. The number of hydrogen-bond donors (Lipinski definition) is 0. The molecule has 0 saturated carbocycles. The van der Waals surface area contributed by atoms with Crippen LogP contribution >= 0.6 is 46.5 Å². The zero-order valence-electron chi connectivity index (χ0n) is 9.97. The van der Waals surface area contributed by atoms with E-state index in [1.807, 2.05) is 6.26 Å². The van der Waals surface area contributed by atoms with Crippen LogP contribution in [0.15, 0.2) is 32.3 Å². The smallest absolute Gasteiger partial charge is 0.206 e. The van der Waals surface area contributed by atoms with Gasteiger partial charge in [0.1, 0.15) is 0 Å². The summed E-state index contributed by atoms with van der Waals surface area (Å²) in [5.41, 5.74) is 0. The lowest BCUT2D eigenvalue weighted by molar-refractivity contribution is 0.758. The van der Waals surface area contributed by atoms with Gasteiger partial charge in [-0.1, -0.05) is 23.1 Å². The first-order valence-electron chi connectivity index (χ1n) is 5.21. The molecular weight excluding hydrogens is 338 g/mol. The molecule has 3 heterocycles. The molecule has 0 aliphatic rings. The molecule has 3 aromatic rings. The maximum Gasteiger partial charge on any atom is 0.255 e. The van der Waals surface area contributed by atoms with Crippen LogP contribution in [0.1, 0.15) is 0 Å². The predicted octanol–water partition coefficient (Wildman–Crippen LogP) is 2.44. The van der Waals surface area contributed by atoms with Crippen molar-refractivity contribution in [1.82, 2.24) is 34.9 Å². The molecule has 3 rings (SSSR count). The molecule has 0 bridgehead atoms. The van der Waals surface area contributed by atoms with Gasteiger partial charge in [-0.05, 0) is 35.7 Å². The number of halogens is 1. The molecule has 0 atom stereocenters. The quantitative estimate of drug-likeness (QED) is 0.668. The highest BCUT2D eigenvalue weighted by molar-refractivity contribution is 8.02. The molecule has 0 aromatic carbocycles. The SMILES string of the molecule is CSc1nnc(Sc2nc(Cl)nc(-n3cccn3)n2)s1.